The van der Waals surface area contributed by atoms with Gasteiger partial charge in [-0.1, -0.05) is 41.3 Å². The second-order valence-electron chi connectivity index (χ2n) is 6.10. The number of hydrogen-bond donors (Lipinski definition) is 1. The molecule has 0 aliphatic rings. The fraction of sp³-hybridized carbons (Fsp3) is 0.158. The minimum Gasteiger partial charge on any atom is -0.330 e. The van der Waals surface area contributed by atoms with Crippen molar-refractivity contribution in [3.05, 3.63) is 75.8 Å². The Labute approximate surface area is 164 Å². The number of benzene rings is 1. The van der Waals surface area contributed by atoms with Crippen molar-refractivity contribution < 1.29 is 0 Å². The van der Waals surface area contributed by atoms with Gasteiger partial charge in [-0.05, 0) is 43.7 Å². The Kier molecular flexibility index (Phi) is 4.91. The van der Waals surface area contributed by atoms with E-state index in [1.165, 1.54) is 28.7 Å². The monoisotopic (exact) mass is 395 g/mol. The third-order valence-corrected chi connectivity index (χ3v) is 5.96. The van der Waals surface area contributed by atoms with E-state index < -0.39 is 0 Å². The SMILES string of the molecule is Cc1cccc(Nc2nnc(SCc3cc(=O)n4c(C)cccc4n3)s2)c1. The zero-order valence-corrected chi connectivity index (χ0v) is 16.5. The van der Waals surface area contributed by atoms with Gasteiger partial charge in [-0.2, -0.15) is 0 Å². The molecule has 136 valence electrons. The molecule has 8 heteroatoms. The maximum atomic E-state index is 12.3. The minimum atomic E-state index is -0.0623. The van der Waals surface area contributed by atoms with E-state index in [2.05, 4.69) is 26.6 Å². The normalized spacial score (nSPS) is 11.0. The van der Waals surface area contributed by atoms with Gasteiger partial charge in [-0.25, -0.2) is 4.98 Å². The second kappa shape index (κ2) is 7.50. The molecule has 1 N–H and O–H groups in total. The van der Waals surface area contributed by atoms with Crippen molar-refractivity contribution in [2.45, 2.75) is 23.9 Å². The number of pyridine rings is 1. The van der Waals surface area contributed by atoms with Gasteiger partial charge in [0.2, 0.25) is 5.13 Å². The Bertz CT molecular complexity index is 1170. The summed E-state index contributed by atoms with van der Waals surface area (Å²) < 4.78 is 2.44. The maximum absolute atomic E-state index is 12.3. The van der Waals surface area contributed by atoms with Crippen molar-refractivity contribution >= 4 is 39.6 Å². The van der Waals surface area contributed by atoms with Crippen LogP contribution < -0.4 is 10.9 Å². The van der Waals surface area contributed by atoms with Crippen LogP contribution in [0, 0.1) is 13.8 Å². The molecule has 0 atom stereocenters. The number of nitrogens with zero attached hydrogens (tertiary/aromatic N) is 4. The minimum absolute atomic E-state index is 0.0623. The van der Waals surface area contributed by atoms with Crippen molar-refractivity contribution in [3.63, 3.8) is 0 Å². The zero-order chi connectivity index (χ0) is 18.8. The summed E-state index contributed by atoms with van der Waals surface area (Å²) in [6.45, 7) is 3.95. The van der Waals surface area contributed by atoms with Crippen molar-refractivity contribution in [2.75, 3.05) is 5.32 Å². The summed E-state index contributed by atoms with van der Waals surface area (Å²) in [5, 5.41) is 12.4. The predicted octanol–water partition coefficient (Wildman–Crippen LogP) is 4.20. The summed E-state index contributed by atoms with van der Waals surface area (Å²) in [6, 6.07) is 15.3. The lowest BCUT2D eigenvalue weighted by molar-refractivity contribution is 0.967. The van der Waals surface area contributed by atoms with Crippen LogP contribution >= 0.6 is 23.1 Å². The number of fused-ring (bicyclic) bond motifs is 1. The highest BCUT2D eigenvalue weighted by Crippen LogP contribution is 2.29. The van der Waals surface area contributed by atoms with Crippen LogP contribution in [0.15, 0.2) is 57.7 Å². The Morgan fingerprint density at radius 3 is 2.81 bits per heavy atom. The standard InChI is InChI=1S/C19H17N5OS2/c1-12-5-3-7-14(9-12)21-18-22-23-19(27-18)26-11-15-10-17(25)24-13(2)6-4-8-16(24)20-15/h3-10H,11H2,1-2H3,(H,21,22). The van der Waals surface area contributed by atoms with E-state index in [4.69, 9.17) is 0 Å². The van der Waals surface area contributed by atoms with E-state index in [-0.39, 0.29) is 5.56 Å². The summed E-state index contributed by atoms with van der Waals surface area (Å²) in [5.41, 5.74) is 4.38. The summed E-state index contributed by atoms with van der Waals surface area (Å²) in [5.74, 6) is 0.568. The smallest absolute Gasteiger partial charge is 0.258 e. The first-order chi connectivity index (χ1) is 13.1. The molecule has 0 bridgehead atoms. The highest BCUT2D eigenvalue weighted by Gasteiger charge is 2.08. The number of aryl methyl sites for hydroxylation is 2. The predicted molar refractivity (Wildman–Crippen MR) is 110 cm³/mol. The van der Waals surface area contributed by atoms with Crippen molar-refractivity contribution in [1.29, 1.82) is 0 Å². The molecule has 0 saturated carbocycles. The average molecular weight is 396 g/mol. The Hall–Kier alpha value is -2.71. The van der Waals surface area contributed by atoms with Crippen LogP contribution in [0.25, 0.3) is 5.65 Å². The first kappa shape index (κ1) is 17.7. The van der Waals surface area contributed by atoms with Crippen LogP contribution in [0.3, 0.4) is 0 Å². The van der Waals surface area contributed by atoms with Crippen molar-refractivity contribution in [3.8, 4) is 0 Å². The van der Waals surface area contributed by atoms with Crippen LogP contribution in [0.5, 0.6) is 0 Å². The molecule has 0 spiro atoms. The highest BCUT2D eigenvalue weighted by atomic mass is 32.2. The molecule has 1 aromatic carbocycles. The van der Waals surface area contributed by atoms with Gasteiger partial charge in [0.15, 0.2) is 4.34 Å². The molecular weight excluding hydrogens is 378 g/mol. The number of nitrogens with one attached hydrogen (secondary N) is 1. The molecule has 0 unspecified atom stereocenters. The summed E-state index contributed by atoms with van der Waals surface area (Å²) >= 11 is 3.01. The van der Waals surface area contributed by atoms with Gasteiger partial charge in [0, 0.05) is 23.2 Å². The summed E-state index contributed by atoms with van der Waals surface area (Å²) in [6.07, 6.45) is 0. The van der Waals surface area contributed by atoms with Crippen LogP contribution in [0.1, 0.15) is 17.0 Å². The third kappa shape index (κ3) is 4.01. The second-order valence-corrected chi connectivity index (χ2v) is 8.30. The molecule has 0 aliphatic carbocycles. The highest BCUT2D eigenvalue weighted by molar-refractivity contribution is 8.00. The lowest BCUT2D eigenvalue weighted by Gasteiger charge is -2.05. The van der Waals surface area contributed by atoms with Crippen LogP contribution in [0.2, 0.25) is 0 Å². The van der Waals surface area contributed by atoms with Gasteiger partial charge in [0.25, 0.3) is 5.56 Å². The van der Waals surface area contributed by atoms with Gasteiger partial charge in [-0.3, -0.25) is 9.20 Å². The molecule has 3 heterocycles. The molecule has 0 aliphatic heterocycles. The van der Waals surface area contributed by atoms with E-state index in [9.17, 15) is 4.79 Å². The largest absolute Gasteiger partial charge is 0.330 e. The lowest BCUT2D eigenvalue weighted by atomic mass is 10.2. The van der Waals surface area contributed by atoms with E-state index in [1.54, 1.807) is 10.5 Å². The number of rotatable bonds is 5. The molecule has 0 saturated heterocycles. The quantitative estimate of drug-likeness (QED) is 0.511. The van der Waals surface area contributed by atoms with Crippen molar-refractivity contribution in [2.24, 2.45) is 0 Å². The number of aromatic nitrogens is 4. The summed E-state index contributed by atoms with van der Waals surface area (Å²) in [4.78, 5) is 16.9. The molecule has 0 amide bonds. The fourth-order valence-corrected chi connectivity index (χ4v) is 4.40. The van der Waals surface area contributed by atoms with Gasteiger partial charge in [-0.15, -0.1) is 10.2 Å². The third-order valence-electron chi connectivity index (χ3n) is 3.95. The Morgan fingerprint density at radius 2 is 1.96 bits per heavy atom. The fourth-order valence-electron chi connectivity index (χ4n) is 2.74. The van der Waals surface area contributed by atoms with Gasteiger partial charge in [0.05, 0.1) is 5.69 Å². The Balaban J connectivity index is 1.47. The molecular formula is C19H17N5OS2. The average Bonchev–Trinajstić information content (AvgIpc) is 3.07. The first-order valence-electron chi connectivity index (χ1n) is 8.37. The number of anilines is 2. The van der Waals surface area contributed by atoms with E-state index in [0.717, 1.165) is 26.5 Å². The number of thioether (sulfide) groups is 1. The van der Waals surface area contributed by atoms with E-state index in [0.29, 0.717) is 11.4 Å². The molecule has 0 radical (unpaired) electrons. The zero-order valence-electron chi connectivity index (χ0n) is 14.8. The topological polar surface area (TPSA) is 72.2 Å². The van der Waals surface area contributed by atoms with E-state index in [1.807, 2.05) is 50.2 Å². The number of hydrogen-bond acceptors (Lipinski definition) is 7. The van der Waals surface area contributed by atoms with Crippen LogP contribution in [0.4, 0.5) is 10.8 Å². The van der Waals surface area contributed by atoms with E-state index >= 15 is 0 Å². The van der Waals surface area contributed by atoms with Crippen LogP contribution in [-0.4, -0.2) is 19.6 Å². The molecule has 4 rings (SSSR count). The lowest BCUT2D eigenvalue weighted by Crippen LogP contribution is -2.17. The summed E-state index contributed by atoms with van der Waals surface area (Å²) in [7, 11) is 0. The molecule has 4 aromatic rings. The Morgan fingerprint density at radius 1 is 1.11 bits per heavy atom. The maximum Gasteiger partial charge on any atom is 0.258 e. The van der Waals surface area contributed by atoms with Gasteiger partial charge >= 0.3 is 0 Å². The molecule has 0 fully saturated rings. The first-order valence-corrected chi connectivity index (χ1v) is 10.2. The van der Waals surface area contributed by atoms with Crippen molar-refractivity contribution in [1.82, 2.24) is 19.6 Å². The van der Waals surface area contributed by atoms with Crippen LogP contribution in [-0.2, 0) is 5.75 Å². The molecule has 3 aromatic heterocycles. The van der Waals surface area contributed by atoms with Gasteiger partial charge < -0.3 is 5.32 Å². The van der Waals surface area contributed by atoms with Gasteiger partial charge in [0.1, 0.15) is 5.65 Å². The molecule has 6 nitrogen and oxygen atoms in total. The molecule has 27 heavy (non-hydrogen) atoms.